The highest BCUT2D eigenvalue weighted by Gasteiger charge is 2.18. The number of ether oxygens (including phenoxy) is 2. The Morgan fingerprint density at radius 1 is 1.27 bits per heavy atom. The number of benzene rings is 2. The zero-order valence-corrected chi connectivity index (χ0v) is 14.1. The molecule has 0 radical (unpaired) electrons. The highest BCUT2D eigenvalue weighted by atomic mass is 35.5. The van der Waals surface area contributed by atoms with E-state index in [0.717, 1.165) is 12.1 Å². The van der Waals surface area contributed by atoms with Crippen molar-refractivity contribution in [2.24, 2.45) is 0 Å². The molecule has 0 unspecified atom stereocenters. The Bertz CT molecular complexity index is 874. The lowest BCUT2D eigenvalue weighted by atomic mass is 10.2. The van der Waals surface area contributed by atoms with Gasteiger partial charge in [0, 0.05) is 11.1 Å². The van der Waals surface area contributed by atoms with Gasteiger partial charge in [-0.1, -0.05) is 11.6 Å². The minimum atomic E-state index is -0.938. The fraction of sp³-hybridized carbons (Fsp3) is 0.125. The number of anilines is 1. The van der Waals surface area contributed by atoms with Crippen LogP contribution in [-0.4, -0.2) is 30.5 Å². The van der Waals surface area contributed by atoms with Crippen molar-refractivity contribution in [2.75, 3.05) is 19.0 Å². The molecule has 26 heavy (non-hydrogen) atoms. The number of hydrogen-bond donors (Lipinski definition) is 1. The molecule has 2 aromatic carbocycles. The number of nitro groups is 1. The monoisotopic (exact) mass is 382 g/mol. The molecule has 0 saturated carbocycles. The van der Waals surface area contributed by atoms with Crippen molar-refractivity contribution >= 4 is 34.9 Å². The molecule has 2 rings (SSSR count). The second-order valence-corrected chi connectivity index (χ2v) is 5.33. The SMILES string of the molecule is COc1ccc(C(=O)OCC(=O)Nc2ccc(Cl)cc2[N+](=O)[O-])cc1F. The Morgan fingerprint density at radius 2 is 2.00 bits per heavy atom. The number of methoxy groups -OCH3 is 1. The Balaban J connectivity index is 2.00. The van der Waals surface area contributed by atoms with Crippen LogP contribution in [0.15, 0.2) is 36.4 Å². The van der Waals surface area contributed by atoms with E-state index in [0.29, 0.717) is 0 Å². The second-order valence-electron chi connectivity index (χ2n) is 4.89. The Labute approximate surface area is 151 Å². The standard InChI is InChI=1S/C16H12ClFN2O6/c1-25-14-5-2-9(6-11(14)18)16(22)26-8-15(21)19-12-4-3-10(17)7-13(12)20(23)24/h2-7H,8H2,1H3,(H,19,21). The molecule has 10 heteroatoms. The van der Waals surface area contributed by atoms with Gasteiger partial charge in [-0.25, -0.2) is 9.18 Å². The topological polar surface area (TPSA) is 108 Å². The lowest BCUT2D eigenvalue weighted by Crippen LogP contribution is -2.21. The first-order valence-electron chi connectivity index (χ1n) is 7.06. The molecule has 0 saturated heterocycles. The summed E-state index contributed by atoms with van der Waals surface area (Å²) in [6.07, 6.45) is 0. The zero-order chi connectivity index (χ0) is 19.3. The molecule has 0 fully saturated rings. The van der Waals surface area contributed by atoms with Crippen LogP contribution in [0.5, 0.6) is 5.75 Å². The van der Waals surface area contributed by atoms with E-state index < -0.39 is 34.9 Å². The number of rotatable bonds is 6. The summed E-state index contributed by atoms with van der Waals surface area (Å²) in [4.78, 5) is 33.9. The minimum Gasteiger partial charge on any atom is -0.494 e. The third-order valence-corrected chi connectivity index (χ3v) is 3.39. The Morgan fingerprint density at radius 3 is 2.62 bits per heavy atom. The largest absolute Gasteiger partial charge is 0.494 e. The maximum absolute atomic E-state index is 13.6. The summed E-state index contributed by atoms with van der Waals surface area (Å²) in [5.74, 6) is -2.55. The molecule has 0 heterocycles. The first-order chi connectivity index (χ1) is 12.3. The van der Waals surface area contributed by atoms with Gasteiger partial charge < -0.3 is 14.8 Å². The smallest absolute Gasteiger partial charge is 0.338 e. The number of esters is 1. The van der Waals surface area contributed by atoms with Gasteiger partial charge in [-0.05, 0) is 30.3 Å². The first-order valence-corrected chi connectivity index (χ1v) is 7.44. The van der Waals surface area contributed by atoms with E-state index in [4.69, 9.17) is 21.1 Å². The third kappa shape index (κ3) is 4.67. The summed E-state index contributed by atoms with van der Waals surface area (Å²) in [6.45, 7) is -0.716. The first kappa shape index (κ1) is 19.1. The van der Waals surface area contributed by atoms with Crippen LogP contribution < -0.4 is 10.1 Å². The number of nitro benzene ring substituents is 1. The number of hydrogen-bond acceptors (Lipinski definition) is 6. The van der Waals surface area contributed by atoms with Crippen LogP contribution in [-0.2, 0) is 9.53 Å². The van der Waals surface area contributed by atoms with E-state index in [1.54, 1.807) is 0 Å². The molecule has 0 bridgehead atoms. The minimum absolute atomic E-state index is 0.0469. The maximum Gasteiger partial charge on any atom is 0.338 e. The Hall–Kier alpha value is -3.20. The zero-order valence-electron chi connectivity index (χ0n) is 13.3. The predicted octanol–water partition coefficient (Wildman–Crippen LogP) is 3.19. The van der Waals surface area contributed by atoms with E-state index in [1.807, 2.05) is 0 Å². The molecule has 0 aliphatic rings. The molecule has 8 nitrogen and oxygen atoms in total. The van der Waals surface area contributed by atoms with Gasteiger partial charge in [0.05, 0.1) is 17.6 Å². The van der Waals surface area contributed by atoms with Crippen LogP contribution in [0.1, 0.15) is 10.4 Å². The van der Waals surface area contributed by atoms with E-state index in [2.05, 4.69) is 5.32 Å². The summed E-state index contributed by atoms with van der Waals surface area (Å²) in [7, 11) is 1.27. The average molecular weight is 383 g/mol. The highest BCUT2D eigenvalue weighted by molar-refractivity contribution is 6.31. The van der Waals surface area contributed by atoms with Crippen LogP contribution in [0.4, 0.5) is 15.8 Å². The molecule has 0 aromatic heterocycles. The van der Waals surface area contributed by atoms with E-state index in [9.17, 15) is 24.1 Å². The molecular weight excluding hydrogens is 371 g/mol. The van der Waals surface area contributed by atoms with E-state index in [-0.39, 0.29) is 22.0 Å². The van der Waals surface area contributed by atoms with Crippen LogP contribution in [0.2, 0.25) is 5.02 Å². The van der Waals surface area contributed by atoms with Gasteiger partial charge in [0.2, 0.25) is 0 Å². The number of nitrogens with zero attached hydrogens (tertiary/aromatic N) is 1. The Kier molecular flexibility index (Phi) is 6.07. The third-order valence-electron chi connectivity index (χ3n) is 3.15. The quantitative estimate of drug-likeness (QED) is 0.467. The molecule has 0 aliphatic heterocycles. The van der Waals surface area contributed by atoms with E-state index in [1.165, 1.54) is 31.4 Å². The molecule has 0 spiro atoms. The van der Waals surface area contributed by atoms with Gasteiger partial charge in [-0.3, -0.25) is 14.9 Å². The summed E-state index contributed by atoms with van der Waals surface area (Å²) >= 11 is 5.68. The van der Waals surface area contributed by atoms with Crippen molar-refractivity contribution in [3.05, 3.63) is 62.9 Å². The average Bonchev–Trinajstić information content (AvgIpc) is 2.60. The van der Waals surface area contributed by atoms with Gasteiger partial charge in [0.15, 0.2) is 18.2 Å². The van der Waals surface area contributed by atoms with Crippen LogP contribution in [0.25, 0.3) is 0 Å². The fourth-order valence-electron chi connectivity index (χ4n) is 1.96. The summed E-state index contributed by atoms with van der Waals surface area (Å²) in [5.41, 5.74) is -0.626. The van der Waals surface area contributed by atoms with Gasteiger partial charge >= 0.3 is 5.97 Å². The van der Waals surface area contributed by atoms with Crippen molar-refractivity contribution in [2.45, 2.75) is 0 Å². The highest BCUT2D eigenvalue weighted by Crippen LogP contribution is 2.27. The van der Waals surface area contributed by atoms with Crippen LogP contribution in [0.3, 0.4) is 0 Å². The molecular formula is C16H12ClFN2O6. The van der Waals surface area contributed by atoms with E-state index >= 15 is 0 Å². The van der Waals surface area contributed by atoms with Gasteiger partial charge in [0.1, 0.15) is 5.69 Å². The number of carbonyl (C=O) groups is 2. The normalized spacial score (nSPS) is 10.1. The number of nitrogens with one attached hydrogen (secondary N) is 1. The van der Waals surface area contributed by atoms with Crippen molar-refractivity contribution in [3.63, 3.8) is 0 Å². The van der Waals surface area contributed by atoms with Crippen molar-refractivity contribution in [1.29, 1.82) is 0 Å². The second kappa shape index (κ2) is 8.26. The maximum atomic E-state index is 13.6. The van der Waals surface area contributed by atoms with Crippen LogP contribution in [0, 0.1) is 15.9 Å². The summed E-state index contributed by atoms with van der Waals surface area (Å²) < 4.78 is 23.1. The molecule has 1 amide bonds. The number of amides is 1. The van der Waals surface area contributed by atoms with Crippen molar-refractivity contribution in [1.82, 2.24) is 0 Å². The van der Waals surface area contributed by atoms with Crippen molar-refractivity contribution in [3.8, 4) is 5.75 Å². The predicted molar refractivity (Wildman–Crippen MR) is 90.0 cm³/mol. The van der Waals surface area contributed by atoms with Gasteiger partial charge in [-0.15, -0.1) is 0 Å². The van der Waals surface area contributed by atoms with Gasteiger partial charge in [-0.2, -0.15) is 0 Å². The fourth-order valence-corrected chi connectivity index (χ4v) is 2.12. The molecule has 2 aromatic rings. The molecule has 0 aliphatic carbocycles. The molecule has 136 valence electrons. The van der Waals surface area contributed by atoms with Crippen LogP contribution >= 0.6 is 11.6 Å². The lowest BCUT2D eigenvalue weighted by Gasteiger charge is -2.08. The molecule has 1 N–H and O–H groups in total. The summed E-state index contributed by atoms with van der Waals surface area (Å²) in [5, 5.41) is 13.3. The number of halogens is 2. The molecule has 0 atom stereocenters. The summed E-state index contributed by atoms with van der Waals surface area (Å²) in [6, 6.07) is 7.09. The van der Waals surface area contributed by atoms with Crippen molar-refractivity contribution < 1.29 is 28.4 Å². The lowest BCUT2D eigenvalue weighted by molar-refractivity contribution is -0.383. The van der Waals surface area contributed by atoms with Gasteiger partial charge in [0.25, 0.3) is 11.6 Å². The number of carbonyl (C=O) groups excluding carboxylic acids is 2.